The first-order chi connectivity index (χ1) is 10.0. The monoisotopic (exact) mass is 305 g/mol. The number of aryl methyl sites for hydroxylation is 1. The molecule has 0 atom stereocenters. The lowest BCUT2D eigenvalue weighted by molar-refractivity contribution is 0.303. The molecule has 0 saturated heterocycles. The van der Waals surface area contributed by atoms with Crippen LogP contribution in [0, 0.1) is 6.92 Å². The van der Waals surface area contributed by atoms with E-state index in [-0.39, 0.29) is 0 Å². The number of nitrogens with two attached hydrogens (primary N) is 1. The molecule has 112 valence electrons. The quantitative estimate of drug-likeness (QED) is 0.647. The zero-order valence-electron chi connectivity index (χ0n) is 12.5. The van der Waals surface area contributed by atoms with Gasteiger partial charge in [0.1, 0.15) is 18.2 Å². The number of ether oxygens (including phenoxy) is 1. The van der Waals surface area contributed by atoms with Gasteiger partial charge in [0.05, 0.1) is 0 Å². The van der Waals surface area contributed by atoms with E-state index in [1.807, 2.05) is 31.2 Å². The highest BCUT2D eigenvalue weighted by Crippen LogP contribution is 2.31. The Kier molecular flexibility index (Phi) is 5.04. The van der Waals surface area contributed by atoms with Crippen molar-refractivity contribution >= 4 is 17.4 Å². The van der Waals surface area contributed by atoms with Crippen molar-refractivity contribution < 1.29 is 4.74 Å². The van der Waals surface area contributed by atoms with Crippen molar-refractivity contribution in [3.63, 3.8) is 0 Å². The maximum absolute atomic E-state index is 6.27. The molecule has 0 aliphatic carbocycles. The van der Waals surface area contributed by atoms with Crippen LogP contribution in [-0.4, -0.2) is 4.98 Å². The Balaban J connectivity index is 2.17. The highest BCUT2D eigenvalue weighted by molar-refractivity contribution is 6.31. The molecule has 0 unspecified atom stereocenters. The normalized spacial score (nSPS) is 10.8. The second-order valence-corrected chi connectivity index (χ2v) is 5.68. The molecule has 2 rings (SSSR count). The first-order valence-electron chi connectivity index (χ1n) is 6.85. The van der Waals surface area contributed by atoms with Crippen molar-refractivity contribution in [3.8, 4) is 5.75 Å². The summed E-state index contributed by atoms with van der Waals surface area (Å²) in [6, 6.07) is 7.72. The van der Waals surface area contributed by atoms with Gasteiger partial charge < -0.3 is 10.2 Å². The lowest BCUT2D eigenvalue weighted by Crippen LogP contribution is -2.09. The van der Waals surface area contributed by atoms with E-state index in [1.54, 1.807) is 6.20 Å². The second kappa shape index (κ2) is 6.78. The molecule has 5 heteroatoms. The van der Waals surface area contributed by atoms with Gasteiger partial charge in [-0.3, -0.25) is 0 Å². The zero-order chi connectivity index (χ0) is 15.4. The Morgan fingerprint density at radius 1 is 1.33 bits per heavy atom. The minimum atomic E-state index is 0.356. The summed E-state index contributed by atoms with van der Waals surface area (Å²) in [5, 5.41) is 0.786. The van der Waals surface area contributed by atoms with Crippen molar-refractivity contribution in [1.82, 2.24) is 4.98 Å². The largest absolute Gasteiger partial charge is 0.489 e. The molecule has 0 aliphatic rings. The fourth-order valence-corrected chi connectivity index (χ4v) is 2.51. The average Bonchev–Trinajstić information content (AvgIpc) is 2.46. The highest BCUT2D eigenvalue weighted by Gasteiger charge is 2.10. The molecule has 2 aromatic rings. The Morgan fingerprint density at radius 3 is 2.76 bits per heavy atom. The molecule has 0 saturated carbocycles. The van der Waals surface area contributed by atoms with Gasteiger partial charge in [-0.05, 0) is 53.8 Å². The van der Waals surface area contributed by atoms with Gasteiger partial charge in [0.15, 0.2) is 0 Å². The van der Waals surface area contributed by atoms with E-state index in [1.165, 1.54) is 0 Å². The minimum Gasteiger partial charge on any atom is -0.489 e. The number of pyridine rings is 1. The molecule has 1 aromatic carbocycles. The van der Waals surface area contributed by atoms with Gasteiger partial charge in [-0.2, -0.15) is 0 Å². The SMILES string of the molecule is Cc1cc(Cl)c(C(C)C)cc1OCc1ccnc(NN)c1. The molecule has 0 amide bonds. The van der Waals surface area contributed by atoms with E-state index in [2.05, 4.69) is 24.3 Å². The van der Waals surface area contributed by atoms with E-state index in [4.69, 9.17) is 22.2 Å². The topological polar surface area (TPSA) is 60.2 Å². The van der Waals surface area contributed by atoms with Gasteiger partial charge in [-0.1, -0.05) is 25.4 Å². The van der Waals surface area contributed by atoms with Crippen molar-refractivity contribution in [2.24, 2.45) is 5.84 Å². The van der Waals surface area contributed by atoms with Crippen LogP contribution in [0.15, 0.2) is 30.5 Å². The van der Waals surface area contributed by atoms with Crippen LogP contribution >= 0.6 is 11.6 Å². The van der Waals surface area contributed by atoms with Gasteiger partial charge in [0.25, 0.3) is 0 Å². The van der Waals surface area contributed by atoms with Gasteiger partial charge in [-0.25, -0.2) is 10.8 Å². The summed E-state index contributed by atoms with van der Waals surface area (Å²) in [5.74, 6) is 7.17. The lowest BCUT2D eigenvalue weighted by Gasteiger charge is -2.15. The van der Waals surface area contributed by atoms with Gasteiger partial charge in [-0.15, -0.1) is 0 Å². The van der Waals surface area contributed by atoms with Gasteiger partial charge in [0, 0.05) is 11.2 Å². The number of anilines is 1. The van der Waals surface area contributed by atoms with Crippen molar-refractivity contribution in [2.75, 3.05) is 5.43 Å². The molecule has 4 nitrogen and oxygen atoms in total. The number of benzene rings is 1. The number of nitrogen functional groups attached to an aromatic ring is 1. The summed E-state index contributed by atoms with van der Waals surface area (Å²) in [5.41, 5.74) is 5.64. The van der Waals surface area contributed by atoms with E-state index < -0.39 is 0 Å². The predicted octanol–water partition coefficient (Wildman–Crippen LogP) is 4.03. The third kappa shape index (κ3) is 3.86. The third-order valence-electron chi connectivity index (χ3n) is 3.28. The van der Waals surface area contributed by atoms with E-state index in [0.29, 0.717) is 18.3 Å². The maximum Gasteiger partial charge on any atom is 0.140 e. The molecule has 21 heavy (non-hydrogen) atoms. The van der Waals surface area contributed by atoms with Crippen LogP contribution in [0.4, 0.5) is 5.82 Å². The van der Waals surface area contributed by atoms with Crippen LogP contribution in [-0.2, 0) is 6.61 Å². The van der Waals surface area contributed by atoms with Crippen molar-refractivity contribution in [3.05, 3.63) is 52.2 Å². The molecule has 0 bridgehead atoms. The number of nitrogens with one attached hydrogen (secondary N) is 1. The summed E-state index contributed by atoms with van der Waals surface area (Å²) in [7, 11) is 0. The smallest absolute Gasteiger partial charge is 0.140 e. The Hall–Kier alpha value is -1.78. The van der Waals surface area contributed by atoms with Crippen LogP contribution in [0.2, 0.25) is 5.02 Å². The number of aromatic nitrogens is 1. The second-order valence-electron chi connectivity index (χ2n) is 5.28. The standard InChI is InChI=1S/C16H20ClN3O/c1-10(2)13-8-15(11(3)6-14(13)17)21-9-12-4-5-19-16(7-12)20-18/h4-8,10H,9,18H2,1-3H3,(H,19,20). The number of nitrogens with zero attached hydrogens (tertiary/aromatic N) is 1. The number of hydrazine groups is 1. The summed E-state index contributed by atoms with van der Waals surface area (Å²) >= 11 is 6.27. The molecule has 0 fully saturated rings. The maximum atomic E-state index is 6.27. The third-order valence-corrected chi connectivity index (χ3v) is 3.61. The zero-order valence-corrected chi connectivity index (χ0v) is 13.2. The molecule has 0 spiro atoms. The fourth-order valence-electron chi connectivity index (χ4n) is 2.07. The first-order valence-corrected chi connectivity index (χ1v) is 7.23. The Bertz CT molecular complexity index is 629. The molecule has 0 aliphatic heterocycles. The van der Waals surface area contributed by atoms with Crippen LogP contribution in [0.1, 0.15) is 36.5 Å². The summed E-state index contributed by atoms with van der Waals surface area (Å²) in [4.78, 5) is 4.07. The van der Waals surface area contributed by atoms with Crippen molar-refractivity contribution in [1.29, 1.82) is 0 Å². The molecule has 1 aromatic heterocycles. The number of hydrogen-bond acceptors (Lipinski definition) is 4. The van der Waals surface area contributed by atoms with E-state index >= 15 is 0 Å². The predicted molar refractivity (Wildman–Crippen MR) is 86.7 cm³/mol. The number of hydrogen-bond donors (Lipinski definition) is 2. The minimum absolute atomic E-state index is 0.356. The van der Waals surface area contributed by atoms with E-state index in [9.17, 15) is 0 Å². The molecular weight excluding hydrogens is 286 g/mol. The molecular formula is C16H20ClN3O. The fraction of sp³-hybridized carbons (Fsp3) is 0.312. The Morgan fingerprint density at radius 2 is 2.10 bits per heavy atom. The van der Waals surface area contributed by atoms with Crippen LogP contribution in [0.3, 0.4) is 0 Å². The lowest BCUT2D eigenvalue weighted by atomic mass is 10.0. The molecule has 3 N–H and O–H groups in total. The molecule has 0 radical (unpaired) electrons. The van der Waals surface area contributed by atoms with Crippen LogP contribution in [0.5, 0.6) is 5.75 Å². The van der Waals surface area contributed by atoms with Crippen LogP contribution in [0.25, 0.3) is 0 Å². The molecule has 1 heterocycles. The first kappa shape index (κ1) is 15.6. The highest BCUT2D eigenvalue weighted by atomic mass is 35.5. The van der Waals surface area contributed by atoms with Crippen molar-refractivity contribution in [2.45, 2.75) is 33.3 Å². The summed E-state index contributed by atoms with van der Waals surface area (Å²) < 4.78 is 5.91. The van der Waals surface area contributed by atoms with Crippen LogP contribution < -0.4 is 16.0 Å². The summed E-state index contributed by atoms with van der Waals surface area (Å²) in [6.07, 6.45) is 1.70. The number of halogens is 1. The van der Waals surface area contributed by atoms with Gasteiger partial charge in [0.2, 0.25) is 0 Å². The Labute approximate surface area is 130 Å². The summed E-state index contributed by atoms with van der Waals surface area (Å²) in [6.45, 7) is 6.67. The van der Waals surface area contributed by atoms with Gasteiger partial charge >= 0.3 is 0 Å². The average molecular weight is 306 g/mol. The number of rotatable bonds is 5. The van der Waals surface area contributed by atoms with E-state index in [0.717, 1.165) is 27.5 Å².